The molecule has 108 valence electrons. The van der Waals surface area contributed by atoms with Crippen LogP contribution in [0.15, 0.2) is 24.3 Å². The molecule has 1 heterocycles. The molecule has 2 atom stereocenters. The van der Waals surface area contributed by atoms with Crippen LogP contribution in [-0.4, -0.2) is 28.4 Å². The predicted molar refractivity (Wildman–Crippen MR) is 76.3 cm³/mol. The van der Waals surface area contributed by atoms with Gasteiger partial charge in [0.05, 0.1) is 12.0 Å². The summed E-state index contributed by atoms with van der Waals surface area (Å²) in [5.74, 6) is -1.57. The summed E-state index contributed by atoms with van der Waals surface area (Å²) in [6.45, 7) is 4.67. The van der Waals surface area contributed by atoms with E-state index in [2.05, 4.69) is 6.92 Å². The summed E-state index contributed by atoms with van der Waals surface area (Å²) >= 11 is 0. The van der Waals surface area contributed by atoms with Crippen LogP contribution in [0.2, 0.25) is 0 Å². The number of carboxylic acids is 1. The maximum absolute atomic E-state index is 12.1. The Balaban J connectivity index is 2.46. The van der Waals surface area contributed by atoms with E-state index in [0.717, 1.165) is 24.0 Å². The third kappa shape index (κ3) is 2.55. The molecule has 1 amide bonds. The lowest BCUT2D eigenvalue weighted by molar-refractivity contribution is -0.142. The van der Waals surface area contributed by atoms with Gasteiger partial charge in [-0.05, 0) is 24.0 Å². The number of nitrogens with zero attached hydrogens (tertiary/aromatic N) is 1. The Morgan fingerprint density at radius 1 is 1.35 bits per heavy atom. The monoisotopic (exact) mass is 275 g/mol. The predicted octanol–water partition coefficient (Wildman–Crippen LogP) is 2.63. The smallest absolute Gasteiger partial charge is 0.309 e. The average molecular weight is 275 g/mol. The minimum absolute atomic E-state index is 0.0462. The number of carboxylic acid groups (broad SMARTS) is 1. The fourth-order valence-corrected chi connectivity index (χ4v) is 3.05. The second kappa shape index (κ2) is 6.07. The van der Waals surface area contributed by atoms with Crippen molar-refractivity contribution < 1.29 is 14.7 Å². The van der Waals surface area contributed by atoms with Gasteiger partial charge in [-0.1, -0.05) is 38.1 Å². The van der Waals surface area contributed by atoms with Gasteiger partial charge in [-0.3, -0.25) is 9.59 Å². The standard InChI is InChI=1S/C16H21NO3/c1-3-9-17-14(18)10-13(16(19)20)15(17)12-8-6-5-7-11(12)4-2/h5-8,13,15H,3-4,9-10H2,1-2H3,(H,19,20). The van der Waals surface area contributed by atoms with Crippen molar-refractivity contribution >= 4 is 11.9 Å². The van der Waals surface area contributed by atoms with Crippen LogP contribution in [0.5, 0.6) is 0 Å². The maximum atomic E-state index is 12.1. The van der Waals surface area contributed by atoms with Crippen molar-refractivity contribution in [3.63, 3.8) is 0 Å². The van der Waals surface area contributed by atoms with E-state index in [9.17, 15) is 14.7 Å². The number of carbonyl (C=O) groups is 2. The van der Waals surface area contributed by atoms with E-state index in [4.69, 9.17) is 0 Å². The van der Waals surface area contributed by atoms with E-state index in [-0.39, 0.29) is 18.4 Å². The highest BCUT2D eigenvalue weighted by molar-refractivity contribution is 5.87. The molecule has 20 heavy (non-hydrogen) atoms. The van der Waals surface area contributed by atoms with Gasteiger partial charge in [-0.15, -0.1) is 0 Å². The third-order valence-electron chi connectivity index (χ3n) is 3.97. The molecule has 1 fully saturated rings. The molecule has 2 unspecified atom stereocenters. The zero-order valence-electron chi connectivity index (χ0n) is 12.0. The third-order valence-corrected chi connectivity index (χ3v) is 3.97. The molecule has 0 aliphatic carbocycles. The molecule has 2 rings (SSSR count). The summed E-state index contributed by atoms with van der Waals surface area (Å²) in [7, 11) is 0. The number of amides is 1. The van der Waals surface area contributed by atoms with Crippen LogP contribution in [0.4, 0.5) is 0 Å². The van der Waals surface area contributed by atoms with Gasteiger partial charge in [0.1, 0.15) is 0 Å². The highest BCUT2D eigenvalue weighted by atomic mass is 16.4. The van der Waals surface area contributed by atoms with Crippen LogP contribution in [0.1, 0.15) is 43.9 Å². The molecule has 1 aromatic carbocycles. The van der Waals surface area contributed by atoms with Gasteiger partial charge in [0, 0.05) is 13.0 Å². The number of carbonyl (C=O) groups excluding carboxylic acids is 1. The average Bonchev–Trinajstić information content (AvgIpc) is 2.77. The second-order valence-electron chi connectivity index (χ2n) is 5.23. The molecule has 0 spiro atoms. The van der Waals surface area contributed by atoms with Gasteiger partial charge in [0.15, 0.2) is 0 Å². The Morgan fingerprint density at radius 3 is 2.65 bits per heavy atom. The van der Waals surface area contributed by atoms with Crippen molar-refractivity contribution in [3.8, 4) is 0 Å². The topological polar surface area (TPSA) is 57.6 Å². The lowest BCUT2D eigenvalue weighted by atomic mass is 9.89. The quantitative estimate of drug-likeness (QED) is 0.898. The Labute approximate surface area is 119 Å². The van der Waals surface area contributed by atoms with E-state index >= 15 is 0 Å². The lowest BCUT2D eigenvalue weighted by Crippen LogP contribution is -2.31. The molecule has 0 aromatic heterocycles. The van der Waals surface area contributed by atoms with E-state index in [1.807, 2.05) is 31.2 Å². The van der Waals surface area contributed by atoms with Gasteiger partial charge in [0.25, 0.3) is 0 Å². The van der Waals surface area contributed by atoms with E-state index in [1.54, 1.807) is 4.90 Å². The molecule has 4 nitrogen and oxygen atoms in total. The summed E-state index contributed by atoms with van der Waals surface area (Å²) in [6, 6.07) is 7.53. The van der Waals surface area contributed by atoms with Crippen molar-refractivity contribution in [1.82, 2.24) is 4.90 Å². The van der Waals surface area contributed by atoms with Crippen LogP contribution in [0.25, 0.3) is 0 Å². The first-order valence-electron chi connectivity index (χ1n) is 7.20. The van der Waals surface area contributed by atoms with Gasteiger partial charge >= 0.3 is 5.97 Å². The van der Waals surface area contributed by atoms with Crippen molar-refractivity contribution in [2.75, 3.05) is 6.54 Å². The molecular weight excluding hydrogens is 254 g/mol. The number of benzene rings is 1. The zero-order valence-corrected chi connectivity index (χ0v) is 12.0. The summed E-state index contributed by atoms with van der Waals surface area (Å²) in [4.78, 5) is 25.4. The molecule has 1 aromatic rings. The molecule has 1 aliphatic rings. The lowest BCUT2D eigenvalue weighted by Gasteiger charge is -2.28. The van der Waals surface area contributed by atoms with E-state index in [0.29, 0.717) is 6.54 Å². The van der Waals surface area contributed by atoms with Crippen molar-refractivity contribution in [2.45, 2.75) is 39.2 Å². The summed E-state index contributed by atoms with van der Waals surface area (Å²) in [5.41, 5.74) is 2.11. The Hall–Kier alpha value is -1.84. The van der Waals surface area contributed by atoms with Crippen LogP contribution in [-0.2, 0) is 16.0 Å². The minimum Gasteiger partial charge on any atom is -0.481 e. The van der Waals surface area contributed by atoms with Gasteiger partial charge in [-0.25, -0.2) is 0 Å². The Bertz CT molecular complexity index is 512. The Morgan fingerprint density at radius 2 is 2.05 bits per heavy atom. The number of aryl methyl sites for hydroxylation is 1. The molecule has 1 N–H and O–H groups in total. The summed E-state index contributed by atoms with van der Waals surface area (Å²) in [6.07, 6.45) is 1.79. The summed E-state index contributed by atoms with van der Waals surface area (Å²) < 4.78 is 0. The number of hydrogen-bond acceptors (Lipinski definition) is 2. The molecule has 0 bridgehead atoms. The molecule has 0 saturated carbocycles. The molecule has 1 saturated heterocycles. The zero-order chi connectivity index (χ0) is 14.7. The van der Waals surface area contributed by atoms with Crippen molar-refractivity contribution in [3.05, 3.63) is 35.4 Å². The molecule has 4 heteroatoms. The van der Waals surface area contributed by atoms with E-state index < -0.39 is 11.9 Å². The first-order chi connectivity index (χ1) is 9.60. The summed E-state index contributed by atoms with van der Waals surface area (Å²) in [5, 5.41) is 9.43. The van der Waals surface area contributed by atoms with Crippen LogP contribution in [0, 0.1) is 5.92 Å². The van der Waals surface area contributed by atoms with Crippen molar-refractivity contribution in [1.29, 1.82) is 0 Å². The number of hydrogen-bond donors (Lipinski definition) is 1. The number of aliphatic carboxylic acids is 1. The fraction of sp³-hybridized carbons (Fsp3) is 0.500. The Kier molecular flexibility index (Phi) is 4.42. The molecule has 0 radical (unpaired) electrons. The highest BCUT2D eigenvalue weighted by Crippen LogP contribution is 2.39. The maximum Gasteiger partial charge on any atom is 0.309 e. The largest absolute Gasteiger partial charge is 0.481 e. The van der Waals surface area contributed by atoms with Crippen LogP contribution >= 0.6 is 0 Å². The van der Waals surface area contributed by atoms with Gasteiger partial charge < -0.3 is 10.0 Å². The molecular formula is C16H21NO3. The first kappa shape index (κ1) is 14.6. The minimum atomic E-state index is -0.882. The fourth-order valence-electron chi connectivity index (χ4n) is 3.05. The first-order valence-corrected chi connectivity index (χ1v) is 7.20. The molecule has 1 aliphatic heterocycles. The van der Waals surface area contributed by atoms with Crippen LogP contribution < -0.4 is 0 Å². The number of likely N-dealkylation sites (tertiary alicyclic amines) is 1. The SMILES string of the molecule is CCCN1C(=O)CC(C(=O)O)C1c1ccccc1CC. The number of rotatable bonds is 5. The van der Waals surface area contributed by atoms with E-state index in [1.165, 1.54) is 0 Å². The second-order valence-corrected chi connectivity index (χ2v) is 5.23. The van der Waals surface area contributed by atoms with Gasteiger partial charge in [-0.2, -0.15) is 0 Å². The van der Waals surface area contributed by atoms with Crippen molar-refractivity contribution in [2.24, 2.45) is 5.92 Å². The normalized spacial score (nSPS) is 22.3. The van der Waals surface area contributed by atoms with Gasteiger partial charge in [0.2, 0.25) is 5.91 Å². The highest BCUT2D eigenvalue weighted by Gasteiger charge is 2.44. The van der Waals surface area contributed by atoms with Crippen LogP contribution in [0.3, 0.4) is 0 Å².